The fraction of sp³-hybridized carbons (Fsp3) is 0.556. The van der Waals surface area contributed by atoms with Gasteiger partial charge < -0.3 is 9.80 Å². The van der Waals surface area contributed by atoms with Gasteiger partial charge in [-0.05, 0) is 44.4 Å². The lowest BCUT2D eigenvalue weighted by Crippen LogP contribution is -2.38. The number of rotatable bonds is 3. The van der Waals surface area contributed by atoms with Crippen molar-refractivity contribution in [1.82, 2.24) is 9.80 Å². The summed E-state index contributed by atoms with van der Waals surface area (Å²) in [5, 5.41) is 0. The highest BCUT2D eigenvalue weighted by atomic mass is 19.1. The lowest BCUT2D eigenvalue weighted by Gasteiger charge is -2.28. The predicted molar refractivity (Wildman–Crippen MR) is 85.0 cm³/mol. The largest absolute Gasteiger partial charge is 0.339 e. The maximum Gasteiger partial charge on any atom is 0.228 e. The van der Waals surface area contributed by atoms with Crippen LogP contribution in [0.2, 0.25) is 0 Å². The third-order valence-electron chi connectivity index (χ3n) is 4.90. The Morgan fingerprint density at radius 2 is 2.13 bits per heavy atom. The Kier molecular flexibility index (Phi) is 4.37. The monoisotopic (exact) mass is 318 g/mol. The van der Waals surface area contributed by atoms with Gasteiger partial charge in [-0.25, -0.2) is 4.39 Å². The van der Waals surface area contributed by atoms with Gasteiger partial charge in [0, 0.05) is 25.6 Å². The van der Waals surface area contributed by atoms with Gasteiger partial charge in [0.1, 0.15) is 5.82 Å². The first-order valence-electron chi connectivity index (χ1n) is 8.33. The Balaban J connectivity index is 1.75. The van der Waals surface area contributed by atoms with Crippen LogP contribution in [0.3, 0.4) is 0 Å². The summed E-state index contributed by atoms with van der Waals surface area (Å²) in [6.07, 6.45) is 2.06. The van der Waals surface area contributed by atoms with Gasteiger partial charge in [0.05, 0.1) is 12.0 Å². The second-order valence-corrected chi connectivity index (χ2v) is 6.79. The Morgan fingerprint density at radius 3 is 2.78 bits per heavy atom. The van der Waals surface area contributed by atoms with Crippen LogP contribution in [0.5, 0.6) is 0 Å². The molecule has 2 fully saturated rings. The van der Waals surface area contributed by atoms with E-state index in [2.05, 4.69) is 0 Å². The summed E-state index contributed by atoms with van der Waals surface area (Å²) in [5.74, 6) is -0.448. The van der Waals surface area contributed by atoms with Crippen LogP contribution in [0, 0.1) is 11.7 Å². The fourth-order valence-corrected chi connectivity index (χ4v) is 3.72. The molecule has 0 saturated carbocycles. The lowest BCUT2D eigenvalue weighted by molar-refractivity contribution is -0.136. The van der Waals surface area contributed by atoms with E-state index >= 15 is 0 Å². The molecule has 5 heteroatoms. The molecule has 0 bridgehead atoms. The van der Waals surface area contributed by atoms with Crippen LogP contribution < -0.4 is 0 Å². The minimum absolute atomic E-state index is 0.0354. The number of benzene rings is 1. The Bertz CT molecular complexity index is 617. The molecule has 124 valence electrons. The Labute approximate surface area is 136 Å². The molecule has 2 atom stereocenters. The second-order valence-electron chi connectivity index (χ2n) is 6.79. The number of hydrogen-bond acceptors (Lipinski definition) is 2. The van der Waals surface area contributed by atoms with Crippen molar-refractivity contribution in [3.8, 4) is 0 Å². The molecule has 2 heterocycles. The van der Waals surface area contributed by atoms with Crippen LogP contribution in [0.4, 0.5) is 4.39 Å². The van der Waals surface area contributed by atoms with E-state index in [1.165, 1.54) is 12.1 Å². The number of hydrogen-bond donors (Lipinski definition) is 0. The van der Waals surface area contributed by atoms with Crippen LogP contribution in [-0.2, 0) is 9.59 Å². The van der Waals surface area contributed by atoms with E-state index in [4.69, 9.17) is 0 Å². The van der Waals surface area contributed by atoms with Gasteiger partial charge in [-0.1, -0.05) is 12.1 Å². The van der Waals surface area contributed by atoms with E-state index in [1.807, 2.05) is 24.8 Å². The van der Waals surface area contributed by atoms with Crippen molar-refractivity contribution in [2.24, 2.45) is 5.92 Å². The van der Waals surface area contributed by atoms with E-state index < -0.39 is 0 Å². The zero-order chi connectivity index (χ0) is 16.6. The highest BCUT2D eigenvalue weighted by Crippen LogP contribution is 2.35. The number of carbonyl (C=O) groups is 2. The summed E-state index contributed by atoms with van der Waals surface area (Å²) < 4.78 is 13.5. The summed E-state index contributed by atoms with van der Waals surface area (Å²) in [7, 11) is 0. The van der Waals surface area contributed by atoms with E-state index in [1.54, 1.807) is 11.0 Å². The minimum atomic E-state index is -0.274. The van der Waals surface area contributed by atoms with Crippen LogP contribution >= 0.6 is 0 Å². The highest BCUT2D eigenvalue weighted by Gasteiger charge is 2.40. The van der Waals surface area contributed by atoms with Gasteiger partial charge in [0.15, 0.2) is 0 Å². The maximum atomic E-state index is 13.5. The van der Waals surface area contributed by atoms with Gasteiger partial charge in [-0.3, -0.25) is 9.59 Å². The number of likely N-dealkylation sites (tertiary alicyclic amines) is 2. The standard InChI is InChI=1S/C18H23FN2O2/c1-12(2)21-11-14(10-17(21)22)18(23)20-8-4-7-16(20)13-5-3-6-15(19)9-13/h3,5-6,9,12,14,16H,4,7-8,10-11H2,1-2H3. The molecule has 2 amide bonds. The van der Waals surface area contributed by atoms with E-state index in [-0.39, 0.29) is 35.6 Å². The van der Waals surface area contributed by atoms with Crippen molar-refractivity contribution < 1.29 is 14.0 Å². The summed E-state index contributed by atoms with van der Waals surface area (Å²) in [6.45, 7) is 5.13. The zero-order valence-electron chi connectivity index (χ0n) is 13.7. The summed E-state index contributed by atoms with van der Waals surface area (Å²) in [6, 6.07) is 6.54. The van der Waals surface area contributed by atoms with E-state index in [0.717, 1.165) is 18.4 Å². The maximum absolute atomic E-state index is 13.5. The van der Waals surface area contributed by atoms with Gasteiger partial charge in [-0.2, -0.15) is 0 Å². The molecule has 23 heavy (non-hydrogen) atoms. The predicted octanol–water partition coefficient (Wildman–Crippen LogP) is 2.75. The molecule has 0 spiro atoms. The molecule has 0 aliphatic carbocycles. The molecular formula is C18H23FN2O2. The molecule has 4 nitrogen and oxygen atoms in total. The molecule has 0 N–H and O–H groups in total. The molecule has 2 unspecified atom stereocenters. The average molecular weight is 318 g/mol. The third kappa shape index (κ3) is 3.09. The number of amides is 2. The summed E-state index contributed by atoms with van der Waals surface area (Å²) in [4.78, 5) is 28.5. The molecule has 2 saturated heterocycles. The van der Waals surface area contributed by atoms with Crippen LogP contribution in [0.15, 0.2) is 24.3 Å². The quantitative estimate of drug-likeness (QED) is 0.860. The topological polar surface area (TPSA) is 40.6 Å². The minimum Gasteiger partial charge on any atom is -0.339 e. The molecule has 0 aromatic heterocycles. The van der Waals surface area contributed by atoms with Crippen LogP contribution in [0.1, 0.15) is 44.7 Å². The van der Waals surface area contributed by atoms with Gasteiger partial charge in [0.25, 0.3) is 0 Å². The first-order chi connectivity index (χ1) is 11.0. The number of halogens is 1. The van der Waals surface area contributed by atoms with Crippen molar-refractivity contribution in [1.29, 1.82) is 0 Å². The lowest BCUT2D eigenvalue weighted by atomic mass is 10.0. The first-order valence-corrected chi connectivity index (χ1v) is 8.33. The second kappa shape index (κ2) is 6.30. The van der Waals surface area contributed by atoms with Crippen molar-refractivity contribution >= 4 is 11.8 Å². The molecule has 3 rings (SSSR count). The van der Waals surface area contributed by atoms with Gasteiger partial charge >= 0.3 is 0 Å². The molecular weight excluding hydrogens is 295 g/mol. The Hall–Kier alpha value is -1.91. The number of carbonyl (C=O) groups excluding carboxylic acids is 2. The van der Waals surface area contributed by atoms with E-state index in [9.17, 15) is 14.0 Å². The van der Waals surface area contributed by atoms with Crippen molar-refractivity contribution in [3.05, 3.63) is 35.6 Å². The molecule has 0 radical (unpaired) electrons. The molecule has 2 aliphatic rings. The highest BCUT2D eigenvalue weighted by molar-refractivity contribution is 5.89. The smallest absolute Gasteiger partial charge is 0.228 e. The van der Waals surface area contributed by atoms with Gasteiger partial charge in [-0.15, -0.1) is 0 Å². The normalized spacial score (nSPS) is 24.8. The zero-order valence-corrected chi connectivity index (χ0v) is 13.7. The van der Waals surface area contributed by atoms with Crippen LogP contribution in [0.25, 0.3) is 0 Å². The van der Waals surface area contributed by atoms with Gasteiger partial charge in [0.2, 0.25) is 11.8 Å². The fourth-order valence-electron chi connectivity index (χ4n) is 3.72. The van der Waals surface area contributed by atoms with E-state index in [0.29, 0.717) is 19.5 Å². The molecule has 1 aromatic rings. The SMILES string of the molecule is CC(C)N1CC(C(=O)N2CCCC2c2cccc(F)c2)CC1=O. The van der Waals surface area contributed by atoms with Crippen molar-refractivity contribution in [2.45, 2.75) is 45.2 Å². The Morgan fingerprint density at radius 1 is 1.35 bits per heavy atom. The summed E-state index contributed by atoms with van der Waals surface area (Å²) in [5.41, 5.74) is 0.848. The average Bonchev–Trinajstić information content (AvgIpc) is 3.13. The number of nitrogens with zero attached hydrogens (tertiary/aromatic N) is 2. The first kappa shape index (κ1) is 16.0. The molecule has 2 aliphatic heterocycles. The molecule has 1 aromatic carbocycles. The summed E-state index contributed by atoms with van der Waals surface area (Å²) >= 11 is 0. The van der Waals surface area contributed by atoms with Crippen molar-refractivity contribution in [3.63, 3.8) is 0 Å². The van der Waals surface area contributed by atoms with Crippen molar-refractivity contribution in [2.75, 3.05) is 13.1 Å². The van der Waals surface area contributed by atoms with Crippen LogP contribution in [-0.4, -0.2) is 40.7 Å². The third-order valence-corrected chi connectivity index (χ3v) is 4.90.